The number of sulfonamides is 1. The van der Waals surface area contributed by atoms with E-state index < -0.39 is 27.6 Å². The topological polar surface area (TPSA) is 55.8 Å². The molecule has 1 fully saturated rings. The molecule has 0 N–H and O–H groups in total. The first-order chi connectivity index (χ1) is 16.7. The van der Waals surface area contributed by atoms with E-state index in [4.69, 9.17) is 16.3 Å². The molecule has 0 saturated heterocycles. The molecule has 1 saturated carbocycles. The van der Waals surface area contributed by atoms with Crippen LogP contribution in [-0.4, -0.2) is 27.1 Å². The second-order valence-electron chi connectivity index (χ2n) is 9.24. The number of hydrogen-bond acceptors (Lipinski definition) is 4. The van der Waals surface area contributed by atoms with E-state index in [0.717, 1.165) is 19.1 Å². The fraction of sp³-hybridized carbons (Fsp3) is 0.308. The number of para-hydroxylation sites is 1. The van der Waals surface area contributed by atoms with Crippen LogP contribution in [0.3, 0.4) is 0 Å². The average molecular weight is 540 g/mol. The number of ether oxygens (including phenoxy) is 2. The van der Waals surface area contributed by atoms with Crippen molar-refractivity contribution in [2.75, 3.05) is 10.6 Å². The lowest BCUT2D eigenvalue weighted by molar-refractivity contribution is -0.274. The van der Waals surface area contributed by atoms with Crippen molar-refractivity contribution in [3.63, 3.8) is 0 Å². The zero-order valence-electron chi connectivity index (χ0n) is 19.8. The lowest BCUT2D eigenvalue weighted by atomic mass is 9.78. The lowest BCUT2D eigenvalue weighted by Gasteiger charge is -2.30. The van der Waals surface area contributed by atoms with Gasteiger partial charge in [-0.3, -0.25) is 0 Å². The van der Waals surface area contributed by atoms with Crippen molar-refractivity contribution >= 4 is 33.0 Å². The summed E-state index contributed by atoms with van der Waals surface area (Å²) in [7, 11) is -3.75. The highest BCUT2D eigenvalue weighted by atomic mass is 35.5. The standard InChI is InChI=1S/C26H25ClF3NO4S/c1-25(2,18-13-23(34-22-9-10-22)16-24(14-18)35-26(28,29)30)17-11-19(27)15-21(12-17)31(36(3,32)33)20-7-5-4-6-8-20/h4-8,11-16,22H,9-10H2,1-3H3. The van der Waals surface area contributed by atoms with Crippen LogP contribution in [0.25, 0.3) is 0 Å². The van der Waals surface area contributed by atoms with Gasteiger partial charge in [0.2, 0.25) is 10.0 Å². The Morgan fingerprint density at radius 2 is 1.50 bits per heavy atom. The van der Waals surface area contributed by atoms with Gasteiger partial charge in [-0.05, 0) is 66.4 Å². The Labute approximate surface area is 213 Å². The molecule has 0 amide bonds. The molecular formula is C26H25ClF3NO4S. The zero-order valence-corrected chi connectivity index (χ0v) is 21.4. The van der Waals surface area contributed by atoms with Crippen LogP contribution in [0.1, 0.15) is 37.8 Å². The first-order valence-corrected chi connectivity index (χ1v) is 13.4. The van der Waals surface area contributed by atoms with Gasteiger partial charge in [-0.1, -0.05) is 43.6 Å². The van der Waals surface area contributed by atoms with E-state index in [1.54, 1.807) is 48.5 Å². The summed E-state index contributed by atoms with van der Waals surface area (Å²) in [5, 5.41) is 0.275. The Bertz CT molecular complexity index is 1360. The normalized spacial score (nSPS) is 14.4. The number of hydrogen-bond donors (Lipinski definition) is 0. The van der Waals surface area contributed by atoms with Crippen molar-refractivity contribution in [1.29, 1.82) is 0 Å². The monoisotopic (exact) mass is 539 g/mol. The van der Waals surface area contributed by atoms with E-state index in [9.17, 15) is 21.6 Å². The Kier molecular flexibility index (Phi) is 6.92. The van der Waals surface area contributed by atoms with E-state index in [1.807, 2.05) is 13.8 Å². The molecule has 36 heavy (non-hydrogen) atoms. The molecule has 3 aromatic carbocycles. The van der Waals surface area contributed by atoms with Crippen LogP contribution in [0.5, 0.6) is 11.5 Å². The summed E-state index contributed by atoms with van der Waals surface area (Å²) in [5.41, 5.74) is 0.907. The van der Waals surface area contributed by atoms with Gasteiger partial charge in [-0.15, -0.1) is 13.2 Å². The molecule has 1 aliphatic carbocycles. The minimum atomic E-state index is -4.87. The smallest absolute Gasteiger partial charge is 0.490 e. The van der Waals surface area contributed by atoms with E-state index in [0.29, 0.717) is 22.5 Å². The SMILES string of the molecule is CC(C)(c1cc(OC2CC2)cc(OC(F)(F)F)c1)c1cc(Cl)cc(N(c2ccccc2)S(C)(=O)=O)c1. The van der Waals surface area contributed by atoms with Crippen LogP contribution in [0.4, 0.5) is 24.5 Å². The molecule has 0 atom stereocenters. The number of rotatable bonds is 8. The van der Waals surface area contributed by atoms with Crippen LogP contribution < -0.4 is 13.8 Å². The summed E-state index contributed by atoms with van der Waals surface area (Å²) < 4.78 is 75.7. The summed E-state index contributed by atoms with van der Waals surface area (Å²) in [6.07, 6.45) is -2.14. The molecule has 10 heteroatoms. The number of halogens is 4. The molecule has 4 rings (SSSR count). The first-order valence-electron chi connectivity index (χ1n) is 11.2. The van der Waals surface area contributed by atoms with Gasteiger partial charge in [-0.2, -0.15) is 0 Å². The van der Waals surface area contributed by atoms with Crippen molar-refractivity contribution in [1.82, 2.24) is 0 Å². The highest BCUT2D eigenvalue weighted by Gasteiger charge is 2.34. The van der Waals surface area contributed by atoms with Crippen molar-refractivity contribution in [2.24, 2.45) is 0 Å². The van der Waals surface area contributed by atoms with Gasteiger partial charge in [0.15, 0.2) is 0 Å². The molecule has 0 radical (unpaired) electrons. The van der Waals surface area contributed by atoms with Gasteiger partial charge >= 0.3 is 6.36 Å². The fourth-order valence-electron chi connectivity index (χ4n) is 3.89. The molecule has 192 valence electrons. The Hall–Kier alpha value is -2.91. The summed E-state index contributed by atoms with van der Waals surface area (Å²) in [6, 6.07) is 17.6. The van der Waals surface area contributed by atoms with E-state index in [-0.39, 0.29) is 16.9 Å². The maximum absolute atomic E-state index is 13.0. The maximum Gasteiger partial charge on any atom is 0.573 e. The van der Waals surface area contributed by atoms with Crippen molar-refractivity contribution in [3.8, 4) is 11.5 Å². The number of anilines is 2. The summed E-state index contributed by atoms with van der Waals surface area (Å²) >= 11 is 6.43. The van der Waals surface area contributed by atoms with E-state index >= 15 is 0 Å². The van der Waals surface area contributed by atoms with E-state index in [1.165, 1.54) is 22.5 Å². The number of alkyl halides is 3. The van der Waals surface area contributed by atoms with Gasteiger partial charge in [0, 0.05) is 16.5 Å². The van der Waals surface area contributed by atoms with Crippen LogP contribution >= 0.6 is 11.6 Å². The average Bonchev–Trinajstić information content (AvgIpc) is 3.56. The van der Waals surface area contributed by atoms with Crippen LogP contribution in [0.2, 0.25) is 5.02 Å². The van der Waals surface area contributed by atoms with Crippen LogP contribution in [0.15, 0.2) is 66.7 Å². The van der Waals surface area contributed by atoms with Crippen LogP contribution in [0, 0.1) is 0 Å². The molecule has 0 bridgehead atoms. The molecule has 5 nitrogen and oxygen atoms in total. The predicted molar refractivity (Wildman–Crippen MR) is 134 cm³/mol. The first kappa shape index (κ1) is 26.2. The summed E-state index contributed by atoms with van der Waals surface area (Å²) in [4.78, 5) is 0. The quantitative estimate of drug-likeness (QED) is 0.304. The zero-order chi connectivity index (χ0) is 26.3. The molecule has 0 heterocycles. The largest absolute Gasteiger partial charge is 0.573 e. The van der Waals surface area contributed by atoms with Crippen molar-refractivity contribution in [3.05, 3.63) is 82.9 Å². The predicted octanol–water partition coefficient (Wildman–Crippen LogP) is 7.20. The second kappa shape index (κ2) is 9.52. The lowest BCUT2D eigenvalue weighted by Crippen LogP contribution is -2.26. The van der Waals surface area contributed by atoms with Gasteiger partial charge < -0.3 is 9.47 Å². The highest BCUT2D eigenvalue weighted by Crippen LogP contribution is 2.42. The van der Waals surface area contributed by atoms with Crippen molar-refractivity contribution < 1.29 is 31.1 Å². The second-order valence-corrected chi connectivity index (χ2v) is 11.5. The highest BCUT2D eigenvalue weighted by molar-refractivity contribution is 7.92. The third-order valence-electron chi connectivity index (χ3n) is 5.82. The van der Waals surface area contributed by atoms with Gasteiger partial charge in [0.1, 0.15) is 11.5 Å². The third-order valence-corrected chi connectivity index (χ3v) is 7.13. The molecule has 0 spiro atoms. The fourth-order valence-corrected chi connectivity index (χ4v) is 5.11. The Morgan fingerprint density at radius 1 is 0.889 bits per heavy atom. The van der Waals surface area contributed by atoms with Gasteiger partial charge in [0.25, 0.3) is 0 Å². The maximum atomic E-state index is 13.0. The van der Waals surface area contributed by atoms with Crippen LogP contribution in [-0.2, 0) is 15.4 Å². The summed E-state index contributed by atoms with van der Waals surface area (Å²) in [5.74, 6) is -0.125. The molecule has 1 aliphatic rings. The third kappa shape index (κ3) is 6.25. The minimum Gasteiger partial charge on any atom is -0.490 e. The molecule has 3 aromatic rings. The Morgan fingerprint density at radius 3 is 2.08 bits per heavy atom. The number of nitrogens with zero attached hydrogens (tertiary/aromatic N) is 1. The van der Waals surface area contributed by atoms with Gasteiger partial charge in [-0.25, -0.2) is 12.7 Å². The molecule has 0 aromatic heterocycles. The Balaban J connectivity index is 1.81. The molecular weight excluding hydrogens is 515 g/mol. The minimum absolute atomic E-state index is 0.0333. The number of benzene rings is 3. The van der Waals surface area contributed by atoms with Gasteiger partial charge in [0.05, 0.1) is 23.7 Å². The molecule has 0 aliphatic heterocycles. The summed E-state index contributed by atoms with van der Waals surface area (Å²) in [6.45, 7) is 3.62. The van der Waals surface area contributed by atoms with E-state index in [2.05, 4.69) is 4.74 Å². The molecule has 0 unspecified atom stereocenters. The van der Waals surface area contributed by atoms with Crippen molar-refractivity contribution in [2.45, 2.75) is 44.6 Å².